The minimum Gasteiger partial charge on any atom is -0.352 e. The van der Waals surface area contributed by atoms with Gasteiger partial charge < -0.3 is 5.32 Å². The first kappa shape index (κ1) is 14.3. The van der Waals surface area contributed by atoms with E-state index in [4.69, 9.17) is 0 Å². The highest BCUT2D eigenvalue weighted by atomic mass is 16.1. The first-order chi connectivity index (χ1) is 9.63. The van der Waals surface area contributed by atoms with Gasteiger partial charge in [-0.25, -0.2) is 0 Å². The molecule has 0 bridgehead atoms. The van der Waals surface area contributed by atoms with Crippen LogP contribution >= 0.6 is 0 Å². The van der Waals surface area contributed by atoms with Gasteiger partial charge in [0.25, 0.3) is 0 Å². The Morgan fingerprint density at radius 2 is 1.55 bits per heavy atom. The first-order valence-corrected chi connectivity index (χ1v) is 7.01. The SMILES string of the molecule is Cc1cccc(CCC(=O)NCc2cccc(C)c2)c1. The van der Waals surface area contributed by atoms with E-state index in [1.807, 2.05) is 18.2 Å². The Bertz CT molecular complexity index is 538. The molecule has 2 heteroatoms. The molecule has 20 heavy (non-hydrogen) atoms. The Labute approximate surface area is 120 Å². The van der Waals surface area contributed by atoms with Crippen molar-refractivity contribution in [2.75, 3.05) is 0 Å². The van der Waals surface area contributed by atoms with Gasteiger partial charge in [0.05, 0.1) is 0 Å². The molecule has 2 aromatic rings. The number of amides is 1. The van der Waals surface area contributed by atoms with Crippen LogP contribution in [0.15, 0.2) is 48.5 Å². The Morgan fingerprint density at radius 1 is 0.950 bits per heavy atom. The van der Waals surface area contributed by atoms with Gasteiger partial charge in [-0.2, -0.15) is 0 Å². The summed E-state index contributed by atoms with van der Waals surface area (Å²) in [5, 5.41) is 2.97. The number of rotatable bonds is 5. The van der Waals surface area contributed by atoms with Crippen LogP contribution in [0.3, 0.4) is 0 Å². The molecule has 0 saturated carbocycles. The van der Waals surface area contributed by atoms with E-state index in [9.17, 15) is 4.79 Å². The van der Waals surface area contributed by atoms with E-state index in [1.54, 1.807) is 0 Å². The van der Waals surface area contributed by atoms with Crippen LogP contribution in [0.25, 0.3) is 0 Å². The number of carbonyl (C=O) groups excluding carboxylic acids is 1. The molecule has 0 heterocycles. The minimum atomic E-state index is 0.105. The van der Waals surface area contributed by atoms with Crippen LogP contribution in [0, 0.1) is 13.8 Å². The summed E-state index contributed by atoms with van der Waals surface area (Å²) in [6.07, 6.45) is 1.33. The van der Waals surface area contributed by atoms with Gasteiger partial charge in [0.15, 0.2) is 0 Å². The van der Waals surface area contributed by atoms with E-state index in [0.29, 0.717) is 13.0 Å². The van der Waals surface area contributed by atoms with Crippen molar-refractivity contribution in [3.8, 4) is 0 Å². The third kappa shape index (κ3) is 4.54. The standard InChI is InChI=1S/C18H21NO/c1-14-5-3-7-16(11-14)9-10-18(20)19-13-17-8-4-6-15(2)12-17/h3-8,11-12H,9-10,13H2,1-2H3,(H,19,20). The normalized spacial score (nSPS) is 10.3. The fourth-order valence-corrected chi connectivity index (χ4v) is 2.24. The molecule has 0 aromatic heterocycles. The monoisotopic (exact) mass is 267 g/mol. The highest BCUT2D eigenvalue weighted by Gasteiger charge is 2.02. The second kappa shape index (κ2) is 6.90. The van der Waals surface area contributed by atoms with Gasteiger partial charge in [0.2, 0.25) is 5.91 Å². The van der Waals surface area contributed by atoms with E-state index in [1.165, 1.54) is 16.7 Å². The summed E-state index contributed by atoms with van der Waals surface area (Å²) in [5.74, 6) is 0.105. The van der Waals surface area contributed by atoms with Crippen molar-refractivity contribution in [2.45, 2.75) is 33.2 Å². The quantitative estimate of drug-likeness (QED) is 0.882. The van der Waals surface area contributed by atoms with E-state index in [0.717, 1.165) is 12.0 Å². The Balaban J connectivity index is 1.78. The van der Waals surface area contributed by atoms with Crippen LogP contribution in [-0.2, 0) is 17.8 Å². The smallest absolute Gasteiger partial charge is 0.220 e. The van der Waals surface area contributed by atoms with Gasteiger partial charge in [0, 0.05) is 13.0 Å². The molecule has 0 aliphatic rings. The summed E-state index contributed by atoms with van der Waals surface area (Å²) < 4.78 is 0. The fraction of sp³-hybridized carbons (Fsp3) is 0.278. The van der Waals surface area contributed by atoms with Crippen LogP contribution in [-0.4, -0.2) is 5.91 Å². The molecule has 0 atom stereocenters. The van der Waals surface area contributed by atoms with Crippen LogP contribution in [0.2, 0.25) is 0 Å². The van der Waals surface area contributed by atoms with Crippen LogP contribution in [0.4, 0.5) is 0 Å². The second-order valence-electron chi connectivity index (χ2n) is 5.25. The van der Waals surface area contributed by atoms with Crippen molar-refractivity contribution in [3.63, 3.8) is 0 Å². The molecule has 2 aromatic carbocycles. The fourth-order valence-electron chi connectivity index (χ4n) is 2.24. The van der Waals surface area contributed by atoms with Crippen molar-refractivity contribution in [3.05, 3.63) is 70.8 Å². The molecule has 2 nitrogen and oxygen atoms in total. The third-order valence-corrected chi connectivity index (χ3v) is 3.30. The molecule has 0 aliphatic heterocycles. The minimum absolute atomic E-state index is 0.105. The maximum Gasteiger partial charge on any atom is 0.220 e. The zero-order valence-electron chi connectivity index (χ0n) is 12.1. The first-order valence-electron chi connectivity index (χ1n) is 7.01. The van der Waals surface area contributed by atoms with E-state index < -0.39 is 0 Å². The van der Waals surface area contributed by atoms with Gasteiger partial charge in [-0.15, -0.1) is 0 Å². The summed E-state index contributed by atoms with van der Waals surface area (Å²) in [7, 11) is 0. The Kier molecular flexibility index (Phi) is 4.94. The van der Waals surface area contributed by atoms with Crippen molar-refractivity contribution < 1.29 is 4.79 Å². The van der Waals surface area contributed by atoms with E-state index in [2.05, 4.69) is 49.5 Å². The summed E-state index contributed by atoms with van der Waals surface area (Å²) in [4.78, 5) is 11.8. The number of carbonyl (C=O) groups is 1. The molecule has 0 unspecified atom stereocenters. The molecule has 0 aliphatic carbocycles. The maximum atomic E-state index is 11.8. The van der Waals surface area contributed by atoms with E-state index in [-0.39, 0.29) is 5.91 Å². The zero-order valence-corrected chi connectivity index (χ0v) is 12.1. The average Bonchev–Trinajstić information content (AvgIpc) is 2.43. The van der Waals surface area contributed by atoms with Crippen LogP contribution < -0.4 is 5.32 Å². The third-order valence-electron chi connectivity index (χ3n) is 3.30. The maximum absolute atomic E-state index is 11.8. The highest BCUT2D eigenvalue weighted by molar-refractivity contribution is 5.76. The number of hydrogen-bond donors (Lipinski definition) is 1. The average molecular weight is 267 g/mol. The molecule has 0 fully saturated rings. The summed E-state index contributed by atoms with van der Waals surface area (Å²) in [5.41, 5.74) is 4.82. The van der Waals surface area contributed by atoms with Crippen molar-refractivity contribution in [2.24, 2.45) is 0 Å². The lowest BCUT2D eigenvalue weighted by Crippen LogP contribution is -2.23. The Hall–Kier alpha value is -2.09. The van der Waals surface area contributed by atoms with Gasteiger partial charge in [0.1, 0.15) is 0 Å². The van der Waals surface area contributed by atoms with Crippen LogP contribution in [0.5, 0.6) is 0 Å². The zero-order chi connectivity index (χ0) is 14.4. The van der Waals surface area contributed by atoms with Gasteiger partial charge in [-0.1, -0.05) is 59.7 Å². The molecular formula is C18H21NO. The molecule has 104 valence electrons. The summed E-state index contributed by atoms with van der Waals surface area (Å²) in [6, 6.07) is 16.5. The molecule has 2 rings (SSSR count). The van der Waals surface area contributed by atoms with Gasteiger partial charge >= 0.3 is 0 Å². The lowest BCUT2D eigenvalue weighted by atomic mass is 10.1. The summed E-state index contributed by atoms with van der Waals surface area (Å²) in [6.45, 7) is 4.73. The number of nitrogens with one attached hydrogen (secondary N) is 1. The number of benzene rings is 2. The van der Waals surface area contributed by atoms with Gasteiger partial charge in [-0.3, -0.25) is 4.79 Å². The lowest BCUT2D eigenvalue weighted by Gasteiger charge is -2.06. The number of hydrogen-bond acceptors (Lipinski definition) is 1. The predicted molar refractivity (Wildman–Crippen MR) is 82.5 cm³/mol. The molecule has 1 N–H and O–H groups in total. The largest absolute Gasteiger partial charge is 0.352 e. The van der Waals surface area contributed by atoms with E-state index >= 15 is 0 Å². The predicted octanol–water partition coefficient (Wildman–Crippen LogP) is 3.55. The molecule has 1 amide bonds. The van der Waals surface area contributed by atoms with Crippen molar-refractivity contribution in [1.29, 1.82) is 0 Å². The van der Waals surface area contributed by atoms with Crippen LogP contribution in [0.1, 0.15) is 28.7 Å². The van der Waals surface area contributed by atoms with Crippen molar-refractivity contribution in [1.82, 2.24) is 5.32 Å². The molecule has 0 radical (unpaired) electrons. The lowest BCUT2D eigenvalue weighted by molar-refractivity contribution is -0.121. The van der Waals surface area contributed by atoms with Gasteiger partial charge in [-0.05, 0) is 31.4 Å². The van der Waals surface area contributed by atoms with Crippen molar-refractivity contribution >= 4 is 5.91 Å². The Morgan fingerprint density at radius 3 is 2.20 bits per heavy atom. The molecular weight excluding hydrogens is 246 g/mol. The number of aryl methyl sites for hydroxylation is 3. The highest BCUT2D eigenvalue weighted by Crippen LogP contribution is 2.07. The molecule has 0 spiro atoms. The topological polar surface area (TPSA) is 29.1 Å². The molecule has 0 saturated heterocycles. The second-order valence-corrected chi connectivity index (χ2v) is 5.25. The summed E-state index contributed by atoms with van der Waals surface area (Å²) >= 11 is 0.